The van der Waals surface area contributed by atoms with Crippen molar-refractivity contribution in [2.75, 3.05) is 20.0 Å². The average molecular weight is 1010 g/mol. The summed E-state index contributed by atoms with van der Waals surface area (Å²) in [4.78, 5) is 70.1. The maximum absolute atomic E-state index is 12.7. The molecule has 0 aromatic rings. The first-order chi connectivity index (χ1) is 30.2. The van der Waals surface area contributed by atoms with E-state index in [-0.39, 0.29) is 24.4 Å². The van der Waals surface area contributed by atoms with E-state index < -0.39 is 92.2 Å². The van der Waals surface area contributed by atoms with Gasteiger partial charge in [0.05, 0.1) is 13.2 Å². The van der Waals surface area contributed by atoms with Crippen LogP contribution in [0.25, 0.3) is 0 Å². The van der Waals surface area contributed by atoms with E-state index in [9.17, 15) is 43.5 Å². The molecule has 1 rings (SSSR count). The third-order valence-electron chi connectivity index (χ3n) is 8.51. The minimum Gasteiger partial charge on any atom is -0.457 e. The zero-order valence-corrected chi connectivity index (χ0v) is 39.3. The van der Waals surface area contributed by atoms with E-state index in [4.69, 9.17) is 49.6 Å². The Labute approximate surface area is 392 Å². The molecule has 0 aromatic carbocycles. The van der Waals surface area contributed by atoms with Gasteiger partial charge >= 0.3 is 29.4 Å². The van der Waals surface area contributed by atoms with Crippen LogP contribution >= 0.6 is 35.2 Å². The topological polar surface area (TPSA) is 323 Å². The van der Waals surface area contributed by atoms with Gasteiger partial charge in [-0.2, -0.15) is 0 Å². The minimum absolute atomic E-state index is 0. The van der Waals surface area contributed by atoms with Crippen LogP contribution in [0.5, 0.6) is 0 Å². The zero-order valence-electron chi connectivity index (χ0n) is 35.8. The van der Waals surface area contributed by atoms with Gasteiger partial charge in [0.1, 0.15) is 49.5 Å². The first-order valence-electron chi connectivity index (χ1n) is 20.4. The van der Waals surface area contributed by atoms with Crippen LogP contribution in [0.4, 0.5) is 0 Å². The second kappa shape index (κ2) is 35.6. The Kier molecular flexibility index (Phi) is 34.2. The second-order valence-corrected chi connectivity index (χ2v) is 18.5. The average Bonchev–Trinajstić information content (AvgIpc) is 3.21. The Balaban J connectivity index is -0.000000172. The van der Waals surface area contributed by atoms with Gasteiger partial charge in [0, 0.05) is 37.4 Å². The first kappa shape index (κ1) is 61.4. The molecule has 0 aromatic heterocycles. The third-order valence-corrected chi connectivity index (χ3v) is 11.2. The SMILES string of the molecule is C#CC#CC#CC#CC#CSC(=O)CCC.CCCCCCCCCCCCCCCC(=O)O[C@H](COCO)COP(=O)(O)OC1C(O)[C@H](OP(=O)(O)O)C(O)C(OP(=O)(O)O)[C@@H]1O.[HH].[HH].[HH].[HH].[HH].[HH].[HH].[HH].[HH]. The Morgan fingerprint density at radius 2 is 1.06 bits per heavy atom. The number of carbonyl (C=O) groups excluding carboxylic acids is 2. The predicted octanol–water partition coefficient (Wildman–Crippen LogP) is 5.76. The van der Waals surface area contributed by atoms with Crippen molar-refractivity contribution >= 4 is 46.3 Å². The van der Waals surface area contributed by atoms with E-state index in [1.807, 2.05) is 6.92 Å². The summed E-state index contributed by atoms with van der Waals surface area (Å²) in [6, 6.07) is 0. The number of phosphoric ester groups is 3. The van der Waals surface area contributed by atoms with Gasteiger partial charge in [-0.25, -0.2) is 13.7 Å². The highest BCUT2D eigenvalue weighted by Gasteiger charge is 2.56. The molecule has 0 saturated heterocycles. The maximum atomic E-state index is 12.7. The number of aliphatic hydroxyl groups is 4. The molecule has 0 amide bonds. The molecule has 0 radical (unpaired) electrons. The van der Waals surface area contributed by atoms with Gasteiger partial charge in [0.25, 0.3) is 0 Å². The summed E-state index contributed by atoms with van der Waals surface area (Å²) in [5.41, 5.74) is 0. The van der Waals surface area contributed by atoms with Crippen LogP contribution in [0.2, 0.25) is 0 Å². The van der Waals surface area contributed by atoms with Crippen molar-refractivity contribution in [1.82, 2.24) is 0 Å². The standard InChI is InChI=1S/C26H53O19P3.C14H8OS.9H2/c1-2-3-4-5-6-7-8-9-10-11-12-13-14-15-20(28)42-19(16-40-18-27)17-41-48(38,39)45-26-22(30)24(43-46(32,33)34)21(29)25(23(26)31)44-47(35,36)37;1-3-5-6-7-8-9-10-11-13-16-14(15)12-4-2;;;;;;;;;/h19,21-27,29-31H,2-18H2,1H3,(H,38,39)(H2,32,33,34)(H2,35,36,37);1H,4,12H2,2H3;9*1H/t19-,21?,22+,23?,24?,25-,26?;;;;;;;;;;/m1........../s1. The van der Waals surface area contributed by atoms with Crippen molar-refractivity contribution < 1.29 is 109 Å². The molecule has 24 heteroatoms. The number of esters is 1. The number of carbonyl (C=O) groups is 2. The van der Waals surface area contributed by atoms with Gasteiger partial charge in [-0.05, 0) is 65.5 Å². The summed E-state index contributed by atoms with van der Waals surface area (Å²) < 4.78 is 63.4. The number of thioether (sulfide) groups is 1. The summed E-state index contributed by atoms with van der Waals surface area (Å²) >= 11 is 0.968. The van der Waals surface area contributed by atoms with Crippen LogP contribution in [-0.2, 0) is 50.9 Å². The Morgan fingerprint density at radius 3 is 1.50 bits per heavy atom. The van der Waals surface area contributed by atoms with Crippen LogP contribution < -0.4 is 0 Å². The smallest absolute Gasteiger partial charge is 0.457 e. The lowest BCUT2D eigenvalue weighted by Gasteiger charge is -2.44. The van der Waals surface area contributed by atoms with Gasteiger partial charge < -0.3 is 54.4 Å². The summed E-state index contributed by atoms with van der Waals surface area (Å²) in [5, 5.41) is 42.8. The Bertz CT molecular complexity index is 1820. The number of phosphoric acid groups is 3. The van der Waals surface area contributed by atoms with Crippen molar-refractivity contribution in [3.05, 3.63) is 0 Å². The molecule has 20 nitrogen and oxygen atoms in total. The fourth-order valence-electron chi connectivity index (χ4n) is 5.61. The van der Waals surface area contributed by atoms with Crippen molar-refractivity contribution in [3.8, 4) is 59.0 Å². The second-order valence-electron chi connectivity index (χ2n) is 13.9. The molecule has 9 N–H and O–H groups in total. The van der Waals surface area contributed by atoms with Gasteiger partial charge in [0.2, 0.25) is 5.12 Å². The molecule has 0 aliphatic heterocycles. The van der Waals surface area contributed by atoms with Crippen LogP contribution in [0.3, 0.4) is 0 Å². The molecule has 0 bridgehead atoms. The predicted molar refractivity (Wildman–Crippen MR) is 252 cm³/mol. The highest BCUT2D eigenvalue weighted by Crippen LogP contribution is 2.51. The maximum Gasteiger partial charge on any atom is 0.472 e. The van der Waals surface area contributed by atoms with E-state index >= 15 is 0 Å². The zero-order chi connectivity index (χ0) is 48.4. The highest BCUT2D eigenvalue weighted by molar-refractivity contribution is 8.17. The van der Waals surface area contributed by atoms with Crippen molar-refractivity contribution in [2.24, 2.45) is 0 Å². The number of hydrogen-bond donors (Lipinski definition) is 9. The summed E-state index contributed by atoms with van der Waals surface area (Å²) in [6.45, 7) is 1.96. The molecular weight excluding hydrogens is 925 g/mol. The number of terminal acetylenes is 1. The van der Waals surface area contributed by atoms with Crippen molar-refractivity contribution in [3.63, 3.8) is 0 Å². The molecular formula is C40H79O20P3S. The normalized spacial score (nSPS) is 20.6. The number of rotatable bonds is 29. The summed E-state index contributed by atoms with van der Waals surface area (Å²) in [7, 11) is -16.4. The van der Waals surface area contributed by atoms with Gasteiger partial charge in [-0.15, -0.1) is 6.42 Å². The molecule has 1 aliphatic carbocycles. The minimum atomic E-state index is -5.51. The van der Waals surface area contributed by atoms with Gasteiger partial charge in [-0.3, -0.25) is 27.7 Å². The molecule has 8 atom stereocenters. The van der Waals surface area contributed by atoms with E-state index in [2.05, 4.69) is 68.6 Å². The van der Waals surface area contributed by atoms with Crippen molar-refractivity contribution in [1.29, 1.82) is 0 Å². The largest absolute Gasteiger partial charge is 0.472 e. The van der Waals surface area contributed by atoms with E-state index in [0.717, 1.165) is 43.9 Å². The van der Waals surface area contributed by atoms with Crippen molar-refractivity contribution in [2.45, 2.75) is 159 Å². The lowest BCUT2D eigenvalue weighted by atomic mass is 9.85. The third kappa shape index (κ3) is 32.2. The number of hydrogen-bond acceptors (Lipinski definition) is 16. The molecule has 1 fully saturated rings. The molecule has 5 unspecified atom stereocenters. The summed E-state index contributed by atoms with van der Waals surface area (Å²) in [5.74, 6) is 18.5. The number of aliphatic hydroxyl groups excluding tert-OH is 4. The van der Waals surface area contributed by atoms with E-state index in [0.29, 0.717) is 12.8 Å². The number of unbranched alkanes of at least 4 members (excludes halogenated alkanes) is 12. The Hall–Kier alpha value is -2.58. The fraction of sp³-hybridized carbons (Fsp3) is 0.700. The fourth-order valence-corrected chi connectivity index (χ4v) is 8.24. The van der Waals surface area contributed by atoms with Gasteiger partial charge in [0.15, 0.2) is 0 Å². The molecule has 0 spiro atoms. The van der Waals surface area contributed by atoms with Crippen LogP contribution in [0.1, 0.15) is 129 Å². The van der Waals surface area contributed by atoms with E-state index in [1.54, 1.807) is 0 Å². The van der Waals surface area contributed by atoms with Crippen LogP contribution in [0.15, 0.2) is 0 Å². The lowest BCUT2D eigenvalue weighted by molar-refractivity contribution is -0.213. The van der Waals surface area contributed by atoms with E-state index in [1.165, 1.54) is 51.4 Å². The molecule has 64 heavy (non-hydrogen) atoms. The van der Waals surface area contributed by atoms with Gasteiger partial charge in [-0.1, -0.05) is 90.9 Å². The molecule has 380 valence electrons. The molecule has 0 heterocycles. The van der Waals surface area contributed by atoms with Crippen LogP contribution in [-0.4, -0.2) is 119 Å². The number of ether oxygens (including phenoxy) is 2. The summed E-state index contributed by atoms with van der Waals surface area (Å²) in [6.07, 6.45) is 4.51. The molecule has 1 saturated carbocycles. The monoisotopic (exact) mass is 1000 g/mol. The Morgan fingerprint density at radius 1 is 0.625 bits per heavy atom. The van der Waals surface area contributed by atoms with Crippen LogP contribution in [0, 0.1) is 59.0 Å². The lowest BCUT2D eigenvalue weighted by Crippen LogP contribution is -2.65. The molecule has 1 aliphatic rings. The first-order valence-corrected chi connectivity index (χ1v) is 25.8. The quantitative estimate of drug-likeness (QED) is 0.0141. The highest BCUT2D eigenvalue weighted by atomic mass is 32.2.